The first-order valence-electron chi connectivity index (χ1n) is 5.69. The second-order valence-electron chi connectivity index (χ2n) is 3.97. The number of halogens is 2. The first-order valence-corrected chi connectivity index (χ1v) is 6.48. The van der Waals surface area contributed by atoms with Gasteiger partial charge in [0.1, 0.15) is 18.0 Å². The fraction of sp³-hybridized carbons (Fsp3) is 0.333. The lowest BCUT2D eigenvalue weighted by molar-refractivity contribution is 0.550. The van der Waals surface area contributed by atoms with Crippen LogP contribution in [0.25, 0.3) is 0 Å². The zero-order valence-electron chi connectivity index (χ0n) is 9.98. The van der Waals surface area contributed by atoms with Crippen LogP contribution < -0.4 is 5.73 Å². The molecule has 0 aliphatic rings. The lowest BCUT2D eigenvalue weighted by Gasteiger charge is -2.13. The molecule has 18 heavy (non-hydrogen) atoms. The summed E-state index contributed by atoms with van der Waals surface area (Å²) >= 11 is 3.32. The zero-order valence-corrected chi connectivity index (χ0v) is 11.6. The van der Waals surface area contributed by atoms with E-state index in [0.717, 1.165) is 16.8 Å². The Morgan fingerprint density at radius 1 is 1.50 bits per heavy atom. The van der Waals surface area contributed by atoms with Gasteiger partial charge in [0.25, 0.3) is 0 Å². The third-order valence-corrected chi connectivity index (χ3v) is 3.25. The van der Waals surface area contributed by atoms with Gasteiger partial charge in [-0.2, -0.15) is 5.10 Å². The molecule has 0 bridgehead atoms. The number of benzene rings is 1. The molecule has 0 spiro atoms. The number of rotatable bonds is 4. The van der Waals surface area contributed by atoms with Gasteiger partial charge < -0.3 is 5.73 Å². The van der Waals surface area contributed by atoms with Crippen LogP contribution >= 0.6 is 15.9 Å². The van der Waals surface area contributed by atoms with Crippen molar-refractivity contribution in [1.82, 2.24) is 14.8 Å². The monoisotopic (exact) mass is 312 g/mol. The SMILES string of the molecule is CCn1ncnc1CC(N)c1cc(Br)ccc1F. The first-order chi connectivity index (χ1) is 8.61. The van der Waals surface area contributed by atoms with Crippen LogP contribution in [0, 0.1) is 5.82 Å². The lowest BCUT2D eigenvalue weighted by atomic mass is 10.0. The first kappa shape index (κ1) is 13.2. The fourth-order valence-corrected chi connectivity index (χ4v) is 2.19. The summed E-state index contributed by atoms with van der Waals surface area (Å²) in [5.41, 5.74) is 6.52. The van der Waals surface area contributed by atoms with E-state index in [0.29, 0.717) is 12.0 Å². The van der Waals surface area contributed by atoms with Gasteiger partial charge in [-0.1, -0.05) is 15.9 Å². The molecular weight excluding hydrogens is 299 g/mol. The molecule has 1 heterocycles. The molecule has 1 atom stereocenters. The molecule has 2 N–H and O–H groups in total. The molecule has 0 aliphatic heterocycles. The van der Waals surface area contributed by atoms with E-state index in [1.165, 1.54) is 12.4 Å². The largest absolute Gasteiger partial charge is 0.323 e. The smallest absolute Gasteiger partial charge is 0.138 e. The predicted molar refractivity (Wildman–Crippen MR) is 70.4 cm³/mol. The van der Waals surface area contributed by atoms with Crippen LogP contribution in [0.1, 0.15) is 24.4 Å². The lowest BCUT2D eigenvalue weighted by Crippen LogP contribution is -2.18. The standard InChI is InChI=1S/C12H14BrFN4/c1-2-18-12(16-7-17-18)6-11(15)9-5-8(13)3-4-10(9)14/h3-5,7,11H,2,6,15H2,1H3. The zero-order chi connectivity index (χ0) is 13.1. The third kappa shape index (κ3) is 2.76. The average molecular weight is 313 g/mol. The molecule has 0 saturated heterocycles. The maximum absolute atomic E-state index is 13.7. The normalized spacial score (nSPS) is 12.7. The molecule has 0 saturated carbocycles. The van der Waals surface area contributed by atoms with Crippen molar-refractivity contribution < 1.29 is 4.39 Å². The highest BCUT2D eigenvalue weighted by molar-refractivity contribution is 9.10. The molecule has 4 nitrogen and oxygen atoms in total. The summed E-state index contributed by atoms with van der Waals surface area (Å²) in [6.45, 7) is 2.70. The maximum Gasteiger partial charge on any atom is 0.138 e. The second-order valence-corrected chi connectivity index (χ2v) is 4.88. The Kier molecular flexibility index (Phi) is 4.08. The highest BCUT2D eigenvalue weighted by atomic mass is 79.9. The van der Waals surface area contributed by atoms with Crippen molar-refractivity contribution in [3.05, 3.63) is 46.2 Å². The van der Waals surface area contributed by atoms with Gasteiger partial charge in [-0.05, 0) is 25.1 Å². The fourth-order valence-electron chi connectivity index (χ4n) is 1.82. The van der Waals surface area contributed by atoms with E-state index in [2.05, 4.69) is 26.0 Å². The van der Waals surface area contributed by atoms with Crippen LogP contribution in [0.2, 0.25) is 0 Å². The van der Waals surface area contributed by atoms with Gasteiger partial charge in [0.05, 0.1) is 0 Å². The quantitative estimate of drug-likeness (QED) is 0.943. The molecule has 1 unspecified atom stereocenters. The van der Waals surface area contributed by atoms with Gasteiger partial charge in [-0.25, -0.2) is 9.37 Å². The third-order valence-electron chi connectivity index (χ3n) is 2.76. The van der Waals surface area contributed by atoms with Crippen molar-refractivity contribution in [2.45, 2.75) is 25.9 Å². The van der Waals surface area contributed by atoms with Gasteiger partial charge in [-0.15, -0.1) is 0 Å². The van der Waals surface area contributed by atoms with Crippen molar-refractivity contribution in [2.24, 2.45) is 5.73 Å². The Labute approximate surface area is 113 Å². The van der Waals surface area contributed by atoms with E-state index in [9.17, 15) is 4.39 Å². The van der Waals surface area contributed by atoms with Gasteiger partial charge in [-0.3, -0.25) is 4.68 Å². The molecular formula is C12H14BrFN4. The summed E-state index contributed by atoms with van der Waals surface area (Å²) < 4.78 is 16.3. The molecule has 0 radical (unpaired) electrons. The minimum atomic E-state index is -0.433. The van der Waals surface area contributed by atoms with E-state index >= 15 is 0 Å². The number of hydrogen-bond acceptors (Lipinski definition) is 3. The van der Waals surface area contributed by atoms with Gasteiger partial charge in [0, 0.05) is 29.0 Å². The van der Waals surface area contributed by atoms with Crippen molar-refractivity contribution in [3.63, 3.8) is 0 Å². The number of aromatic nitrogens is 3. The molecule has 2 aromatic rings. The summed E-state index contributed by atoms with van der Waals surface area (Å²) in [5, 5.41) is 4.07. The van der Waals surface area contributed by atoms with Crippen LogP contribution in [0.3, 0.4) is 0 Å². The number of nitrogens with two attached hydrogens (primary N) is 1. The van der Waals surface area contributed by atoms with Crippen LogP contribution in [-0.2, 0) is 13.0 Å². The minimum absolute atomic E-state index is 0.298. The average Bonchev–Trinajstić information content (AvgIpc) is 2.79. The summed E-state index contributed by atoms with van der Waals surface area (Å²) in [6.07, 6.45) is 1.95. The Morgan fingerprint density at radius 3 is 3.00 bits per heavy atom. The van der Waals surface area contributed by atoms with Crippen molar-refractivity contribution in [2.75, 3.05) is 0 Å². The van der Waals surface area contributed by atoms with E-state index in [4.69, 9.17) is 5.73 Å². The summed E-state index contributed by atoms with van der Waals surface area (Å²) in [5.74, 6) is 0.470. The van der Waals surface area contributed by atoms with Crippen molar-refractivity contribution in [1.29, 1.82) is 0 Å². The van der Waals surface area contributed by atoms with E-state index in [-0.39, 0.29) is 5.82 Å². The van der Waals surface area contributed by atoms with E-state index < -0.39 is 6.04 Å². The highest BCUT2D eigenvalue weighted by Gasteiger charge is 2.15. The highest BCUT2D eigenvalue weighted by Crippen LogP contribution is 2.22. The second kappa shape index (κ2) is 5.58. The molecule has 1 aromatic heterocycles. The molecule has 1 aromatic carbocycles. The van der Waals surface area contributed by atoms with Gasteiger partial charge >= 0.3 is 0 Å². The Balaban J connectivity index is 2.21. The molecule has 0 amide bonds. The van der Waals surface area contributed by atoms with Crippen molar-refractivity contribution in [3.8, 4) is 0 Å². The van der Waals surface area contributed by atoms with E-state index in [1.807, 2.05) is 6.92 Å². The van der Waals surface area contributed by atoms with Crippen molar-refractivity contribution >= 4 is 15.9 Å². The number of hydrogen-bond donors (Lipinski definition) is 1. The van der Waals surface area contributed by atoms with E-state index in [1.54, 1.807) is 16.8 Å². The molecule has 6 heteroatoms. The topological polar surface area (TPSA) is 56.7 Å². The van der Waals surface area contributed by atoms with Gasteiger partial charge in [0.2, 0.25) is 0 Å². The minimum Gasteiger partial charge on any atom is -0.323 e. The molecule has 2 rings (SSSR count). The van der Waals surface area contributed by atoms with Crippen LogP contribution in [0.5, 0.6) is 0 Å². The molecule has 96 valence electrons. The Hall–Kier alpha value is -1.27. The predicted octanol–water partition coefficient (Wildman–Crippen LogP) is 2.44. The van der Waals surface area contributed by atoms with Gasteiger partial charge in [0.15, 0.2) is 0 Å². The molecule has 0 aliphatic carbocycles. The maximum atomic E-state index is 13.7. The summed E-state index contributed by atoms with van der Waals surface area (Å²) in [7, 11) is 0. The Bertz CT molecular complexity index is 541. The summed E-state index contributed by atoms with van der Waals surface area (Å²) in [4.78, 5) is 4.14. The number of aryl methyl sites for hydroxylation is 1. The Morgan fingerprint density at radius 2 is 2.28 bits per heavy atom. The van der Waals surface area contributed by atoms with Crippen LogP contribution in [0.4, 0.5) is 4.39 Å². The summed E-state index contributed by atoms with van der Waals surface area (Å²) in [6, 6.07) is 4.33. The van der Waals surface area contributed by atoms with Crippen LogP contribution in [-0.4, -0.2) is 14.8 Å². The number of nitrogens with zero attached hydrogens (tertiary/aromatic N) is 3. The van der Waals surface area contributed by atoms with Crippen LogP contribution in [0.15, 0.2) is 29.0 Å². The molecule has 0 fully saturated rings.